The highest BCUT2D eigenvalue weighted by Gasteiger charge is 2.28. The molecule has 4 heteroatoms. The maximum atomic E-state index is 13.5. The molecule has 0 saturated heterocycles. The third-order valence-electron chi connectivity index (χ3n) is 3.19. The summed E-state index contributed by atoms with van der Waals surface area (Å²) >= 11 is 0. The number of nitrogens with one attached hydrogen (secondary N) is 2. The van der Waals surface area contributed by atoms with Crippen LogP contribution in [0.1, 0.15) is 31.4 Å². The van der Waals surface area contributed by atoms with E-state index in [4.69, 9.17) is 0 Å². The van der Waals surface area contributed by atoms with Gasteiger partial charge in [0.25, 0.3) is 0 Å². The number of hydrogen-bond acceptors (Lipinski definition) is 2. The zero-order valence-electron chi connectivity index (χ0n) is 10.6. The van der Waals surface area contributed by atoms with Gasteiger partial charge in [-0.1, -0.05) is 18.2 Å². The molecule has 1 atom stereocenters. The van der Waals surface area contributed by atoms with Crippen molar-refractivity contribution in [2.45, 2.75) is 25.8 Å². The van der Waals surface area contributed by atoms with Gasteiger partial charge in [0, 0.05) is 30.6 Å². The van der Waals surface area contributed by atoms with Crippen molar-refractivity contribution in [2.24, 2.45) is 5.92 Å². The Kier molecular flexibility index (Phi) is 4.31. The fourth-order valence-electron chi connectivity index (χ4n) is 1.90. The Bertz CT molecular complexity index is 418. The third-order valence-corrected chi connectivity index (χ3v) is 3.19. The lowest BCUT2D eigenvalue weighted by Gasteiger charge is -2.15. The van der Waals surface area contributed by atoms with Gasteiger partial charge in [-0.3, -0.25) is 4.79 Å². The van der Waals surface area contributed by atoms with E-state index >= 15 is 0 Å². The van der Waals surface area contributed by atoms with Gasteiger partial charge in [-0.05, 0) is 25.8 Å². The highest BCUT2D eigenvalue weighted by Crippen LogP contribution is 2.28. The second-order valence-corrected chi connectivity index (χ2v) is 4.76. The van der Waals surface area contributed by atoms with E-state index in [0.717, 1.165) is 12.8 Å². The van der Waals surface area contributed by atoms with Gasteiger partial charge in [-0.2, -0.15) is 0 Å². The Morgan fingerprint density at radius 1 is 1.39 bits per heavy atom. The molecule has 0 aliphatic heterocycles. The van der Waals surface area contributed by atoms with Crippen molar-refractivity contribution in [2.75, 3.05) is 13.1 Å². The highest BCUT2D eigenvalue weighted by atomic mass is 19.1. The van der Waals surface area contributed by atoms with E-state index in [9.17, 15) is 9.18 Å². The Morgan fingerprint density at radius 2 is 2.11 bits per heavy atom. The molecule has 2 N–H and O–H groups in total. The van der Waals surface area contributed by atoms with Crippen LogP contribution in [0, 0.1) is 11.7 Å². The van der Waals surface area contributed by atoms with E-state index in [-0.39, 0.29) is 23.7 Å². The normalized spacial score (nSPS) is 16.3. The Balaban J connectivity index is 1.69. The summed E-state index contributed by atoms with van der Waals surface area (Å²) < 4.78 is 13.5. The number of carbonyl (C=O) groups is 1. The van der Waals surface area contributed by atoms with Gasteiger partial charge in [-0.25, -0.2) is 4.39 Å². The number of rotatable bonds is 6. The molecule has 1 aliphatic rings. The van der Waals surface area contributed by atoms with Crippen LogP contribution in [0.15, 0.2) is 24.3 Å². The average Bonchev–Trinajstić information content (AvgIpc) is 3.19. The fraction of sp³-hybridized carbons (Fsp3) is 0.500. The van der Waals surface area contributed by atoms with Crippen molar-refractivity contribution in [3.63, 3.8) is 0 Å². The molecule has 1 unspecified atom stereocenters. The van der Waals surface area contributed by atoms with Crippen molar-refractivity contribution in [3.05, 3.63) is 35.6 Å². The maximum absolute atomic E-state index is 13.5. The first kappa shape index (κ1) is 13.0. The molecule has 1 aromatic rings. The minimum absolute atomic E-state index is 0.0518. The second-order valence-electron chi connectivity index (χ2n) is 4.76. The molecule has 18 heavy (non-hydrogen) atoms. The van der Waals surface area contributed by atoms with E-state index in [2.05, 4.69) is 10.6 Å². The van der Waals surface area contributed by atoms with Crippen LogP contribution >= 0.6 is 0 Å². The molecular formula is C14H19FN2O. The number of amides is 1. The number of benzene rings is 1. The van der Waals surface area contributed by atoms with Gasteiger partial charge in [0.15, 0.2) is 0 Å². The van der Waals surface area contributed by atoms with Crippen molar-refractivity contribution in [1.82, 2.24) is 10.6 Å². The molecule has 1 aliphatic carbocycles. The lowest BCUT2D eigenvalue weighted by Crippen LogP contribution is -2.33. The summed E-state index contributed by atoms with van der Waals surface area (Å²) in [5.74, 6) is 0.198. The predicted octanol–water partition coefficient (Wildman–Crippen LogP) is 2.00. The van der Waals surface area contributed by atoms with Crippen LogP contribution in [0.2, 0.25) is 0 Å². The Morgan fingerprint density at radius 3 is 2.78 bits per heavy atom. The monoisotopic (exact) mass is 250 g/mol. The van der Waals surface area contributed by atoms with Gasteiger partial charge in [-0.15, -0.1) is 0 Å². The molecule has 1 fully saturated rings. The van der Waals surface area contributed by atoms with Crippen LogP contribution in [0.5, 0.6) is 0 Å². The van der Waals surface area contributed by atoms with Crippen molar-refractivity contribution >= 4 is 5.91 Å². The van der Waals surface area contributed by atoms with Gasteiger partial charge >= 0.3 is 0 Å². The quantitative estimate of drug-likeness (QED) is 0.758. The summed E-state index contributed by atoms with van der Waals surface area (Å²) in [6.07, 6.45) is 2.04. The fourth-order valence-corrected chi connectivity index (χ4v) is 1.90. The van der Waals surface area contributed by atoms with Crippen LogP contribution in [-0.2, 0) is 4.79 Å². The molecule has 0 aromatic heterocycles. The standard InChI is InChI=1S/C14H19FN2O/c1-10(12-4-2-3-5-13(12)15)16-8-9-17-14(18)11-6-7-11/h2-5,10-11,16H,6-9H2,1H3,(H,17,18). The second kappa shape index (κ2) is 5.96. The first-order valence-corrected chi connectivity index (χ1v) is 6.44. The van der Waals surface area contributed by atoms with Crippen molar-refractivity contribution < 1.29 is 9.18 Å². The van der Waals surface area contributed by atoms with E-state index < -0.39 is 0 Å². The largest absolute Gasteiger partial charge is 0.355 e. The third kappa shape index (κ3) is 3.53. The summed E-state index contributed by atoms with van der Waals surface area (Å²) in [4.78, 5) is 11.4. The van der Waals surface area contributed by atoms with Gasteiger partial charge in [0.2, 0.25) is 5.91 Å². The maximum Gasteiger partial charge on any atom is 0.223 e. The average molecular weight is 250 g/mol. The molecule has 98 valence electrons. The van der Waals surface area contributed by atoms with Crippen LogP contribution in [-0.4, -0.2) is 19.0 Å². The Hall–Kier alpha value is -1.42. The first-order chi connectivity index (χ1) is 8.68. The number of hydrogen-bond donors (Lipinski definition) is 2. The van der Waals surface area contributed by atoms with Crippen molar-refractivity contribution in [3.8, 4) is 0 Å². The minimum Gasteiger partial charge on any atom is -0.355 e. The van der Waals surface area contributed by atoms with Crippen LogP contribution in [0.25, 0.3) is 0 Å². The summed E-state index contributed by atoms with van der Waals surface area (Å²) in [5.41, 5.74) is 0.658. The lowest BCUT2D eigenvalue weighted by molar-refractivity contribution is -0.122. The zero-order chi connectivity index (χ0) is 13.0. The molecule has 1 amide bonds. The topological polar surface area (TPSA) is 41.1 Å². The molecule has 0 heterocycles. The highest BCUT2D eigenvalue weighted by molar-refractivity contribution is 5.80. The van der Waals surface area contributed by atoms with Crippen LogP contribution in [0.3, 0.4) is 0 Å². The zero-order valence-corrected chi connectivity index (χ0v) is 10.6. The molecule has 3 nitrogen and oxygen atoms in total. The summed E-state index contributed by atoms with van der Waals surface area (Å²) in [7, 11) is 0. The molecule has 0 bridgehead atoms. The van der Waals surface area contributed by atoms with E-state index in [0.29, 0.717) is 18.7 Å². The summed E-state index contributed by atoms with van der Waals surface area (Å²) in [5, 5.41) is 6.07. The lowest BCUT2D eigenvalue weighted by atomic mass is 10.1. The van der Waals surface area contributed by atoms with E-state index in [1.54, 1.807) is 12.1 Å². The number of carbonyl (C=O) groups excluding carboxylic acids is 1. The smallest absolute Gasteiger partial charge is 0.223 e. The molecule has 2 rings (SSSR count). The van der Waals surface area contributed by atoms with E-state index in [1.807, 2.05) is 13.0 Å². The van der Waals surface area contributed by atoms with Gasteiger partial charge in [0.05, 0.1) is 0 Å². The van der Waals surface area contributed by atoms with Crippen LogP contribution in [0.4, 0.5) is 4.39 Å². The van der Waals surface area contributed by atoms with Crippen LogP contribution < -0.4 is 10.6 Å². The predicted molar refractivity (Wildman–Crippen MR) is 68.6 cm³/mol. The molecule has 0 spiro atoms. The van der Waals surface area contributed by atoms with Gasteiger partial charge < -0.3 is 10.6 Å². The molecular weight excluding hydrogens is 231 g/mol. The molecule has 1 saturated carbocycles. The minimum atomic E-state index is -0.195. The summed E-state index contributed by atoms with van der Waals surface area (Å²) in [6, 6.07) is 6.69. The van der Waals surface area contributed by atoms with Gasteiger partial charge in [0.1, 0.15) is 5.82 Å². The Labute approximate surface area is 107 Å². The molecule has 1 aromatic carbocycles. The molecule has 0 radical (unpaired) electrons. The SMILES string of the molecule is CC(NCCNC(=O)C1CC1)c1ccccc1F. The van der Waals surface area contributed by atoms with E-state index in [1.165, 1.54) is 6.07 Å². The number of halogens is 1. The first-order valence-electron chi connectivity index (χ1n) is 6.44. The summed E-state index contributed by atoms with van der Waals surface area (Å²) in [6.45, 7) is 3.16. The van der Waals surface area contributed by atoms with Crippen molar-refractivity contribution in [1.29, 1.82) is 0 Å².